The summed E-state index contributed by atoms with van der Waals surface area (Å²) in [7, 11) is 0. The minimum Gasteiger partial charge on any atom is -0.481 e. The number of carbonyl (C=O) groups is 2. The van der Waals surface area contributed by atoms with E-state index in [1.165, 1.54) is 12.2 Å². The third-order valence-corrected chi connectivity index (χ3v) is 2.82. The molecule has 4 nitrogen and oxygen atoms in total. The summed E-state index contributed by atoms with van der Waals surface area (Å²) in [5, 5.41) is 18.6. The summed E-state index contributed by atoms with van der Waals surface area (Å²) in [5.41, 5.74) is 0.618. The van der Waals surface area contributed by atoms with E-state index in [0.717, 1.165) is 0 Å². The monoisotopic (exact) mass is 302 g/mol. The molecule has 2 N–H and O–H groups in total. The molecule has 6 heteroatoms. The third kappa shape index (κ3) is 5.87. The molecule has 1 rings (SSSR count). The second-order valence-electron chi connectivity index (χ2n) is 3.92. The fourth-order valence-corrected chi connectivity index (χ4v) is 1.86. The molecule has 1 atom stereocenters. The first kappa shape index (κ1) is 15.7. The number of aliphatic hydroxyl groups is 1. The van der Waals surface area contributed by atoms with Crippen molar-refractivity contribution in [1.29, 1.82) is 0 Å². The quantitative estimate of drug-likeness (QED) is 0.792. The Labute approximate surface area is 120 Å². The van der Waals surface area contributed by atoms with Gasteiger partial charge < -0.3 is 10.2 Å². The highest BCUT2D eigenvalue weighted by Crippen LogP contribution is 2.22. The molecule has 0 aliphatic heterocycles. The molecule has 0 aliphatic carbocycles. The Morgan fingerprint density at radius 1 is 1.26 bits per heavy atom. The van der Waals surface area contributed by atoms with E-state index in [2.05, 4.69) is 0 Å². The molecule has 0 aliphatic rings. The van der Waals surface area contributed by atoms with Crippen molar-refractivity contribution in [2.75, 3.05) is 0 Å². The fraction of sp³-hybridized carbons (Fsp3) is 0.231. The van der Waals surface area contributed by atoms with Gasteiger partial charge in [0.15, 0.2) is 5.78 Å². The van der Waals surface area contributed by atoms with E-state index >= 15 is 0 Å². The van der Waals surface area contributed by atoms with E-state index in [1.807, 2.05) is 0 Å². The SMILES string of the molecule is O=C(O)C[C@H](O)CC(=O)/C=C/c1ccc(Cl)cc1Cl. The first-order valence-electron chi connectivity index (χ1n) is 5.44. The molecule has 0 heterocycles. The van der Waals surface area contributed by atoms with Crippen molar-refractivity contribution in [2.24, 2.45) is 0 Å². The molecule has 0 amide bonds. The van der Waals surface area contributed by atoms with Crippen LogP contribution in [-0.4, -0.2) is 28.1 Å². The largest absolute Gasteiger partial charge is 0.481 e. The molecule has 0 aromatic heterocycles. The second kappa shape index (κ2) is 7.28. The van der Waals surface area contributed by atoms with Gasteiger partial charge in [-0.25, -0.2) is 0 Å². The minimum atomic E-state index is -1.18. The summed E-state index contributed by atoms with van der Waals surface area (Å²) < 4.78 is 0. The number of hydrogen-bond donors (Lipinski definition) is 2. The lowest BCUT2D eigenvalue weighted by molar-refractivity contribution is -0.139. The van der Waals surface area contributed by atoms with E-state index < -0.39 is 18.5 Å². The van der Waals surface area contributed by atoms with Crippen molar-refractivity contribution in [1.82, 2.24) is 0 Å². The standard InChI is InChI=1S/C13H12Cl2O4/c14-9-3-1-8(12(15)5-9)2-4-10(16)6-11(17)7-13(18)19/h1-5,11,17H,6-7H2,(H,18,19)/b4-2+/t11-/m1/s1. The lowest BCUT2D eigenvalue weighted by Crippen LogP contribution is -2.16. The molecule has 0 saturated heterocycles. The molecular weight excluding hydrogens is 291 g/mol. The Morgan fingerprint density at radius 3 is 2.53 bits per heavy atom. The number of carboxylic acid groups (broad SMARTS) is 1. The molecule has 0 unspecified atom stereocenters. The van der Waals surface area contributed by atoms with Crippen LogP contribution in [0.1, 0.15) is 18.4 Å². The number of allylic oxidation sites excluding steroid dienone is 1. The van der Waals surface area contributed by atoms with E-state index in [-0.39, 0.29) is 12.2 Å². The fourth-order valence-electron chi connectivity index (χ4n) is 1.39. The lowest BCUT2D eigenvalue weighted by atomic mass is 10.1. The smallest absolute Gasteiger partial charge is 0.305 e. The van der Waals surface area contributed by atoms with Gasteiger partial charge in [0.25, 0.3) is 0 Å². The maximum Gasteiger partial charge on any atom is 0.305 e. The summed E-state index contributed by atoms with van der Waals surface area (Å²) in [6, 6.07) is 4.84. The number of carbonyl (C=O) groups excluding carboxylic acids is 1. The van der Waals surface area contributed by atoms with Crippen LogP contribution in [0.4, 0.5) is 0 Å². The van der Waals surface area contributed by atoms with Crippen molar-refractivity contribution >= 4 is 41.0 Å². The minimum absolute atomic E-state index is 0.242. The Kier molecular flexibility index (Phi) is 6.02. The van der Waals surface area contributed by atoms with Crippen LogP contribution in [0.15, 0.2) is 24.3 Å². The van der Waals surface area contributed by atoms with E-state index in [1.54, 1.807) is 18.2 Å². The maximum absolute atomic E-state index is 11.5. The number of ketones is 1. The van der Waals surface area contributed by atoms with Crippen LogP contribution < -0.4 is 0 Å². The van der Waals surface area contributed by atoms with Crippen molar-refractivity contribution in [3.8, 4) is 0 Å². The zero-order valence-electron chi connectivity index (χ0n) is 9.85. The molecule has 0 bridgehead atoms. The number of hydrogen-bond acceptors (Lipinski definition) is 3. The molecule has 0 spiro atoms. The average molecular weight is 303 g/mol. The van der Waals surface area contributed by atoms with Crippen LogP contribution in [0.2, 0.25) is 10.0 Å². The summed E-state index contributed by atoms with van der Waals surface area (Å²) in [5.74, 6) is -1.52. The summed E-state index contributed by atoms with van der Waals surface area (Å²) >= 11 is 11.6. The van der Waals surface area contributed by atoms with E-state index in [0.29, 0.717) is 15.6 Å². The summed E-state index contributed by atoms with van der Waals surface area (Å²) in [4.78, 5) is 21.8. The van der Waals surface area contributed by atoms with Crippen LogP contribution in [0.25, 0.3) is 6.08 Å². The van der Waals surface area contributed by atoms with Crippen LogP contribution in [0, 0.1) is 0 Å². The zero-order chi connectivity index (χ0) is 14.4. The highest BCUT2D eigenvalue weighted by atomic mass is 35.5. The topological polar surface area (TPSA) is 74.6 Å². The molecular formula is C13H12Cl2O4. The number of aliphatic hydroxyl groups excluding tert-OH is 1. The van der Waals surface area contributed by atoms with Crippen LogP contribution in [0.3, 0.4) is 0 Å². The predicted octanol–water partition coefficient (Wildman–Crippen LogP) is 2.80. The third-order valence-electron chi connectivity index (χ3n) is 2.26. The van der Waals surface area contributed by atoms with Crippen LogP contribution >= 0.6 is 23.2 Å². The first-order chi connectivity index (χ1) is 8.88. The highest BCUT2D eigenvalue weighted by molar-refractivity contribution is 6.35. The van der Waals surface area contributed by atoms with Gasteiger partial charge in [0.2, 0.25) is 0 Å². The Hall–Kier alpha value is -1.36. The van der Waals surface area contributed by atoms with Gasteiger partial charge in [-0.1, -0.05) is 29.3 Å². The predicted molar refractivity (Wildman–Crippen MR) is 73.4 cm³/mol. The number of benzene rings is 1. The summed E-state index contributed by atoms with van der Waals surface area (Å²) in [6.07, 6.45) is 0.861. The zero-order valence-corrected chi connectivity index (χ0v) is 11.4. The van der Waals surface area contributed by atoms with Crippen molar-refractivity contribution in [3.05, 3.63) is 39.9 Å². The molecule has 102 valence electrons. The van der Waals surface area contributed by atoms with Gasteiger partial charge in [0.05, 0.1) is 12.5 Å². The number of rotatable bonds is 6. The highest BCUT2D eigenvalue weighted by Gasteiger charge is 2.12. The molecule has 1 aromatic rings. The second-order valence-corrected chi connectivity index (χ2v) is 4.76. The maximum atomic E-state index is 11.5. The van der Waals surface area contributed by atoms with Gasteiger partial charge in [-0.2, -0.15) is 0 Å². The normalized spacial score (nSPS) is 12.6. The van der Waals surface area contributed by atoms with Gasteiger partial charge in [0.1, 0.15) is 0 Å². The molecule has 0 saturated carbocycles. The van der Waals surface area contributed by atoms with Crippen LogP contribution in [-0.2, 0) is 9.59 Å². The molecule has 0 radical (unpaired) electrons. The van der Waals surface area contributed by atoms with Crippen molar-refractivity contribution in [2.45, 2.75) is 18.9 Å². The van der Waals surface area contributed by atoms with Gasteiger partial charge in [-0.05, 0) is 29.8 Å². The lowest BCUT2D eigenvalue weighted by Gasteiger charge is -2.04. The van der Waals surface area contributed by atoms with E-state index in [9.17, 15) is 14.7 Å². The van der Waals surface area contributed by atoms with Crippen molar-refractivity contribution in [3.63, 3.8) is 0 Å². The Bertz CT molecular complexity index is 511. The van der Waals surface area contributed by atoms with Gasteiger partial charge in [-0.3, -0.25) is 9.59 Å². The molecule has 19 heavy (non-hydrogen) atoms. The number of aliphatic carboxylic acids is 1. The molecule has 0 fully saturated rings. The Balaban J connectivity index is 2.61. The van der Waals surface area contributed by atoms with Crippen LogP contribution in [0.5, 0.6) is 0 Å². The van der Waals surface area contributed by atoms with Gasteiger partial charge >= 0.3 is 5.97 Å². The van der Waals surface area contributed by atoms with Crippen molar-refractivity contribution < 1.29 is 19.8 Å². The van der Waals surface area contributed by atoms with Gasteiger partial charge in [-0.15, -0.1) is 0 Å². The first-order valence-corrected chi connectivity index (χ1v) is 6.20. The number of carboxylic acids is 1. The summed E-state index contributed by atoms with van der Waals surface area (Å²) in [6.45, 7) is 0. The molecule has 1 aromatic carbocycles. The van der Waals surface area contributed by atoms with E-state index in [4.69, 9.17) is 28.3 Å². The van der Waals surface area contributed by atoms with Gasteiger partial charge in [0, 0.05) is 16.5 Å². The average Bonchev–Trinajstić information content (AvgIpc) is 2.26. The Morgan fingerprint density at radius 2 is 1.95 bits per heavy atom. The number of halogens is 2.